The van der Waals surface area contributed by atoms with Crippen LogP contribution >= 0.6 is 0 Å². The Labute approximate surface area is 122 Å². The van der Waals surface area contributed by atoms with Gasteiger partial charge in [-0.2, -0.15) is 0 Å². The lowest BCUT2D eigenvalue weighted by molar-refractivity contribution is -0.142. The number of rotatable bonds is 4. The highest BCUT2D eigenvalue weighted by atomic mass is 19.2. The van der Waals surface area contributed by atoms with Crippen LogP contribution < -0.4 is 5.73 Å². The fourth-order valence-electron chi connectivity index (χ4n) is 2.84. The van der Waals surface area contributed by atoms with E-state index in [1.165, 1.54) is 13.2 Å². The maximum absolute atomic E-state index is 13.2. The van der Waals surface area contributed by atoms with Crippen molar-refractivity contribution in [2.24, 2.45) is 11.7 Å². The Kier molecular flexibility index (Phi) is 5.25. The quantitative estimate of drug-likeness (QED) is 0.859. The lowest BCUT2D eigenvalue weighted by atomic mass is 9.91. The summed E-state index contributed by atoms with van der Waals surface area (Å²) in [4.78, 5) is 13.4. The second kappa shape index (κ2) is 6.95. The second-order valence-corrected chi connectivity index (χ2v) is 5.58. The summed E-state index contributed by atoms with van der Waals surface area (Å²) >= 11 is 0. The van der Waals surface area contributed by atoms with Crippen LogP contribution in [0.5, 0.6) is 0 Å². The van der Waals surface area contributed by atoms with E-state index in [2.05, 4.69) is 9.64 Å². The van der Waals surface area contributed by atoms with Crippen LogP contribution in [0.4, 0.5) is 8.78 Å². The van der Waals surface area contributed by atoms with Crippen molar-refractivity contribution in [3.8, 4) is 0 Å². The summed E-state index contributed by atoms with van der Waals surface area (Å²) in [5, 5.41) is 0. The molecule has 0 bridgehead atoms. The third-order valence-corrected chi connectivity index (χ3v) is 3.72. The molecule has 4 nitrogen and oxygen atoms in total. The van der Waals surface area contributed by atoms with E-state index in [1.54, 1.807) is 6.07 Å². The maximum Gasteiger partial charge on any atom is 0.305 e. The molecule has 2 N–H and O–H groups in total. The van der Waals surface area contributed by atoms with E-state index in [9.17, 15) is 13.6 Å². The molecule has 0 spiro atoms. The molecular weight excluding hydrogens is 278 g/mol. The highest BCUT2D eigenvalue weighted by molar-refractivity contribution is 5.69. The molecule has 0 saturated carbocycles. The van der Waals surface area contributed by atoms with Crippen molar-refractivity contribution in [1.29, 1.82) is 0 Å². The molecule has 116 valence electrons. The fourth-order valence-corrected chi connectivity index (χ4v) is 2.84. The summed E-state index contributed by atoms with van der Waals surface area (Å²) in [6.45, 7) is 1.86. The number of halogens is 2. The number of piperidine rings is 1. The molecule has 1 aromatic rings. The maximum atomic E-state index is 13.2. The monoisotopic (exact) mass is 298 g/mol. The van der Waals surface area contributed by atoms with Gasteiger partial charge < -0.3 is 10.5 Å². The smallest absolute Gasteiger partial charge is 0.305 e. The number of likely N-dealkylation sites (tertiary alicyclic amines) is 1. The van der Waals surface area contributed by atoms with Crippen LogP contribution in [0.25, 0.3) is 0 Å². The number of hydrogen-bond acceptors (Lipinski definition) is 4. The molecule has 1 aliphatic heterocycles. The van der Waals surface area contributed by atoms with E-state index in [0.29, 0.717) is 31.6 Å². The number of carbonyl (C=O) groups excluding carboxylic acids is 1. The average molecular weight is 298 g/mol. The van der Waals surface area contributed by atoms with Gasteiger partial charge in [0, 0.05) is 32.1 Å². The Morgan fingerprint density at radius 2 is 2.14 bits per heavy atom. The number of benzene rings is 1. The number of nitrogens with two attached hydrogens (primary N) is 1. The third-order valence-electron chi connectivity index (χ3n) is 3.72. The third kappa shape index (κ3) is 4.47. The standard InChI is InChI=1S/C15H20F2N2O2/c1-21-15(20)6-11-4-12(18)9-19(8-11)7-10-2-3-13(16)14(17)5-10/h2-3,5,11-12H,4,6-9,18H2,1H3. The van der Waals surface area contributed by atoms with Crippen molar-refractivity contribution in [2.75, 3.05) is 20.2 Å². The lowest BCUT2D eigenvalue weighted by Gasteiger charge is -2.36. The highest BCUT2D eigenvalue weighted by Crippen LogP contribution is 2.21. The number of ether oxygens (including phenoxy) is 1. The van der Waals surface area contributed by atoms with Crippen LogP contribution in [0.2, 0.25) is 0 Å². The minimum absolute atomic E-state index is 0.0290. The molecule has 6 heteroatoms. The van der Waals surface area contributed by atoms with Gasteiger partial charge in [-0.15, -0.1) is 0 Å². The molecule has 1 heterocycles. The molecule has 1 fully saturated rings. The molecule has 0 radical (unpaired) electrons. The van der Waals surface area contributed by atoms with Crippen LogP contribution in [-0.4, -0.2) is 37.1 Å². The normalized spacial score (nSPS) is 23.0. The number of methoxy groups -OCH3 is 1. The Hall–Kier alpha value is -1.53. The van der Waals surface area contributed by atoms with Crippen LogP contribution in [-0.2, 0) is 16.1 Å². The number of esters is 1. The zero-order valence-electron chi connectivity index (χ0n) is 12.0. The van der Waals surface area contributed by atoms with E-state index in [-0.39, 0.29) is 17.9 Å². The van der Waals surface area contributed by atoms with Gasteiger partial charge in [0.1, 0.15) is 0 Å². The van der Waals surface area contributed by atoms with Gasteiger partial charge in [0.2, 0.25) is 0 Å². The Morgan fingerprint density at radius 1 is 1.38 bits per heavy atom. The van der Waals surface area contributed by atoms with Crippen LogP contribution in [0.1, 0.15) is 18.4 Å². The fraction of sp³-hybridized carbons (Fsp3) is 0.533. The van der Waals surface area contributed by atoms with Gasteiger partial charge in [-0.1, -0.05) is 6.07 Å². The predicted octanol–water partition coefficient (Wildman–Crippen LogP) is 1.68. The summed E-state index contributed by atoms with van der Waals surface area (Å²) < 4.78 is 30.8. The van der Waals surface area contributed by atoms with E-state index >= 15 is 0 Å². The molecule has 0 amide bonds. The van der Waals surface area contributed by atoms with Crippen molar-refractivity contribution >= 4 is 5.97 Å². The topological polar surface area (TPSA) is 55.6 Å². The van der Waals surface area contributed by atoms with Gasteiger partial charge in [-0.05, 0) is 30.0 Å². The minimum Gasteiger partial charge on any atom is -0.469 e. The summed E-state index contributed by atoms with van der Waals surface area (Å²) in [5.41, 5.74) is 6.71. The number of nitrogens with zero attached hydrogens (tertiary/aromatic N) is 1. The zero-order valence-corrected chi connectivity index (χ0v) is 12.0. The largest absolute Gasteiger partial charge is 0.469 e. The van der Waals surface area contributed by atoms with E-state index in [4.69, 9.17) is 5.73 Å². The molecule has 2 atom stereocenters. The first-order valence-electron chi connectivity index (χ1n) is 6.96. The van der Waals surface area contributed by atoms with Gasteiger partial charge >= 0.3 is 5.97 Å². The van der Waals surface area contributed by atoms with Gasteiger partial charge in [-0.25, -0.2) is 8.78 Å². The highest BCUT2D eigenvalue weighted by Gasteiger charge is 2.27. The van der Waals surface area contributed by atoms with Crippen LogP contribution in [0.15, 0.2) is 18.2 Å². The zero-order chi connectivity index (χ0) is 15.4. The van der Waals surface area contributed by atoms with Crippen molar-refractivity contribution in [3.63, 3.8) is 0 Å². The number of carbonyl (C=O) groups is 1. The van der Waals surface area contributed by atoms with Gasteiger partial charge in [0.15, 0.2) is 11.6 Å². The Morgan fingerprint density at radius 3 is 2.81 bits per heavy atom. The van der Waals surface area contributed by atoms with E-state index in [0.717, 1.165) is 12.5 Å². The first-order valence-corrected chi connectivity index (χ1v) is 6.96. The van der Waals surface area contributed by atoms with E-state index in [1.807, 2.05) is 0 Å². The summed E-state index contributed by atoms with van der Waals surface area (Å²) in [6, 6.07) is 3.86. The molecule has 0 aromatic heterocycles. The molecule has 2 unspecified atom stereocenters. The van der Waals surface area contributed by atoms with Gasteiger partial charge in [-0.3, -0.25) is 9.69 Å². The predicted molar refractivity (Wildman–Crippen MR) is 74.4 cm³/mol. The second-order valence-electron chi connectivity index (χ2n) is 5.58. The van der Waals surface area contributed by atoms with Crippen molar-refractivity contribution in [3.05, 3.63) is 35.4 Å². The summed E-state index contributed by atoms with van der Waals surface area (Å²) in [6.07, 6.45) is 1.10. The molecule has 0 aliphatic carbocycles. The minimum atomic E-state index is -0.849. The summed E-state index contributed by atoms with van der Waals surface area (Å²) in [7, 11) is 1.37. The average Bonchev–Trinajstić information content (AvgIpc) is 2.42. The SMILES string of the molecule is COC(=O)CC1CC(N)CN(Cc2ccc(F)c(F)c2)C1. The molecule has 1 saturated heterocycles. The summed E-state index contributed by atoms with van der Waals surface area (Å²) in [5.74, 6) is -1.81. The lowest BCUT2D eigenvalue weighted by Crippen LogP contribution is -2.47. The van der Waals surface area contributed by atoms with Crippen molar-refractivity contribution in [1.82, 2.24) is 4.90 Å². The first-order chi connectivity index (χ1) is 9.97. The van der Waals surface area contributed by atoms with E-state index < -0.39 is 11.6 Å². The van der Waals surface area contributed by atoms with Crippen LogP contribution in [0.3, 0.4) is 0 Å². The number of hydrogen-bond donors (Lipinski definition) is 1. The molecule has 1 aliphatic rings. The Balaban J connectivity index is 1.98. The molecule has 2 rings (SSSR count). The molecule has 21 heavy (non-hydrogen) atoms. The van der Waals surface area contributed by atoms with Crippen molar-refractivity contribution in [2.45, 2.75) is 25.4 Å². The van der Waals surface area contributed by atoms with Crippen LogP contribution in [0, 0.1) is 17.6 Å². The van der Waals surface area contributed by atoms with Gasteiger partial charge in [0.05, 0.1) is 7.11 Å². The first kappa shape index (κ1) is 15.9. The molecule has 1 aromatic carbocycles. The Bertz CT molecular complexity index is 510. The molecular formula is C15H20F2N2O2. The van der Waals surface area contributed by atoms with Crippen molar-refractivity contribution < 1.29 is 18.3 Å². The van der Waals surface area contributed by atoms with Gasteiger partial charge in [0.25, 0.3) is 0 Å².